The highest BCUT2D eigenvalue weighted by Crippen LogP contribution is 2.49. The predicted molar refractivity (Wildman–Crippen MR) is 65.9 cm³/mol. The van der Waals surface area contributed by atoms with Crippen molar-refractivity contribution in [3.63, 3.8) is 0 Å². The van der Waals surface area contributed by atoms with Gasteiger partial charge in [0.15, 0.2) is 5.75 Å². The Bertz CT molecular complexity index is 558. The van der Waals surface area contributed by atoms with Gasteiger partial charge < -0.3 is 4.74 Å². The number of nitro benzene ring substituents is 1. The van der Waals surface area contributed by atoms with Crippen LogP contribution in [0, 0.1) is 26.9 Å². The first-order valence-corrected chi connectivity index (χ1v) is 5.84. The minimum absolute atomic E-state index is 0.139. The molecule has 0 aromatic heterocycles. The first-order chi connectivity index (χ1) is 9.10. The van der Waals surface area contributed by atoms with Crippen molar-refractivity contribution in [1.29, 1.82) is 5.26 Å². The van der Waals surface area contributed by atoms with Crippen LogP contribution in [0.25, 0.3) is 0 Å². The molecular formula is C13H12N2O4. The number of nitrogens with zero attached hydrogens (tertiary/aromatic N) is 2. The van der Waals surface area contributed by atoms with Gasteiger partial charge in [-0.1, -0.05) is 0 Å². The summed E-state index contributed by atoms with van der Waals surface area (Å²) in [5, 5.41) is 19.6. The fraction of sp³-hybridized carbons (Fsp3) is 0.385. The average molecular weight is 260 g/mol. The summed E-state index contributed by atoms with van der Waals surface area (Å²) in [6, 6.07) is 6.18. The Morgan fingerprint density at radius 3 is 2.79 bits per heavy atom. The van der Waals surface area contributed by atoms with E-state index >= 15 is 0 Å². The first-order valence-electron chi connectivity index (χ1n) is 5.84. The molecule has 6 heteroatoms. The molecule has 0 atom stereocenters. The SMILES string of the molecule is N#CCC1(COc2ccc(C=O)cc2[N+](=O)[O-])CC1. The maximum Gasteiger partial charge on any atom is 0.311 e. The van der Waals surface area contributed by atoms with E-state index in [1.165, 1.54) is 18.2 Å². The number of ether oxygens (including phenoxy) is 1. The van der Waals surface area contributed by atoms with Gasteiger partial charge >= 0.3 is 5.69 Å². The molecule has 6 nitrogen and oxygen atoms in total. The molecule has 2 rings (SSSR count). The molecule has 0 amide bonds. The van der Waals surface area contributed by atoms with Crippen LogP contribution >= 0.6 is 0 Å². The smallest absolute Gasteiger partial charge is 0.311 e. The first kappa shape index (κ1) is 13.0. The van der Waals surface area contributed by atoms with E-state index in [4.69, 9.17) is 10.00 Å². The molecule has 1 aliphatic carbocycles. The summed E-state index contributed by atoms with van der Waals surface area (Å²) in [5.74, 6) is 0.139. The second kappa shape index (κ2) is 5.06. The van der Waals surface area contributed by atoms with Crippen LogP contribution in [0.3, 0.4) is 0 Å². The molecule has 19 heavy (non-hydrogen) atoms. The molecule has 0 radical (unpaired) electrons. The molecule has 0 bridgehead atoms. The molecular weight excluding hydrogens is 248 g/mol. The second-order valence-electron chi connectivity index (χ2n) is 4.73. The van der Waals surface area contributed by atoms with Gasteiger partial charge in [-0.15, -0.1) is 0 Å². The van der Waals surface area contributed by atoms with E-state index in [0.29, 0.717) is 19.3 Å². The molecule has 1 aromatic rings. The van der Waals surface area contributed by atoms with E-state index in [0.717, 1.165) is 12.8 Å². The summed E-state index contributed by atoms with van der Waals surface area (Å²) in [6.45, 7) is 0.293. The lowest BCUT2D eigenvalue weighted by Crippen LogP contribution is -2.13. The molecule has 0 spiro atoms. The molecule has 0 aliphatic heterocycles. The van der Waals surface area contributed by atoms with Crippen molar-refractivity contribution in [2.45, 2.75) is 19.3 Å². The monoisotopic (exact) mass is 260 g/mol. The summed E-state index contributed by atoms with van der Waals surface area (Å²) in [7, 11) is 0. The number of aldehydes is 1. The maximum atomic E-state index is 10.9. The lowest BCUT2D eigenvalue weighted by atomic mass is 10.1. The van der Waals surface area contributed by atoms with Gasteiger partial charge in [-0.25, -0.2) is 0 Å². The third kappa shape index (κ3) is 2.88. The van der Waals surface area contributed by atoms with Gasteiger partial charge in [0.2, 0.25) is 0 Å². The van der Waals surface area contributed by atoms with Crippen LogP contribution in [0.2, 0.25) is 0 Å². The summed E-state index contributed by atoms with van der Waals surface area (Å²) >= 11 is 0. The normalized spacial score (nSPS) is 15.3. The summed E-state index contributed by atoms with van der Waals surface area (Å²) in [4.78, 5) is 20.9. The highest BCUT2D eigenvalue weighted by Gasteiger charge is 2.43. The Morgan fingerprint density at radius 2 is 2.26 bits per heavy atom. The summed E-state index contributed by atoms with van der Waals surface area (Å²) in [6.07, 6.45) is 2.75. The fourth-order valence-corrected chi connectivity index (χ4v) is 1.82. The van der Waals surface area contributed by atoms with Crippen LogP contribution in [-0.2, 0) is 0 Å². The minimum Gasteiger partial charge on any atom is -0.486 e. The zero-order chi connectivity index (χ0) is 13.9. The van der Waals surface area contributed by atoms with E-state index in [-0.39, 0.29) is 22.4 Å². The standard InChI is InChI=1S/C13H12N2O4/c14-6-5-13(3-4-13)9-19-12-2-1-10(8-16)7-11(12)15(17)18/h1-2,7-8H,3-5,9H2. The quantitative estimate of drug-likeness (QED) is 0.445. The van der Waals surface area contributed by atoms with Crippen molar-refractivity contribution < 1.29 is 14.5 Å². The van der Waals surface area contributed by atoms with Crippen molar-refractivity contribution in [3.8, 4) is 11.8 Å². The van der Waals surface area contributed by atoms with Crippen LogP contribution in [0.1, 0.15) is 29.6 Å². The lowest BCUT2D eigenvalue weighted by molar-refractivity contribution is -0.385. The molecule has 98 valence electrons. The molecule has 1 aliphatic rings. The van der Waals surface area contributed by atoms with Crippen LogP contribution in [0.5, 0.6) is 5.75 Å². The number of carbonyl (C=O) groups is 1. The minimum atomic E-state index is -0.577. The largest absolute Gasteiger partial charge is 0.486 e. The third-order valence-corrected chi connectivity index (χ3v) is 3.26. The van der Waals surface area contributed by atoms with E-state index in [2.05, 4.69) is 6.07 Å². The summed E-state index contributed by atoms with van der Waals surface area (Å²) < 4.78 is 5.47. The van der Waals surface area contributed by atoms with Crippen molar-refractivity contribution >= 4 is 12.0 Å². The average Bonchev–Trinajstić information content (AvgIpc) is 3.17. The molecule has 0 heterocycles. The molecule has 0 saturated heterocycles. The Labute approximate surface area is 109 Å². The highest BCUT2D eigenvalue weighted by molar-refractivity contribution is 5.77. The van der Waals surface area contributed by atoms with Gasteiger partial charge in [-0.3, -0.25) is 14.9 Å². The third-order valence-electron chi connectivity index (χ3n) is 3.26. The van der Waals surface area contributed by atoms with Crippen molar-refractivity contribution in [3.05, 3.63) is 33.9 Å². The maximum absolute atomic E-state index is 10.9. The molecule has 1 aromatic carbocycles. The number of nitriles is 1. The van der Waals surface area contributed by atoms with E-state index in [1.807, 2.05) is 0 Å². The van der Waals surface area contributed by atoms with Gasteiger partial charge in [0.1, 0.15) is 6.29 Å². The van der Waals surface area contributed by atoms with Gasteiger partial charge in [-0.2, -0.15) is 5.26 Å². The highest BCUT2D eigenvalue weighted by atomic mass is 16.6. The summed E-state index contributed by atoms with van der Waals surface area (Å²) in [5.41, 5.74) is -0.138. The Hall–Kier alpha value is -2.42. The molecule has 0 N–H and O–H groups in total. The van der Waals surface area contributed by atoms with Crippen LogP contribution in [-0.4, -0.2) is 17.8 Å². The van der Waals surface area contributed by atoms with Gasteiger partial charge in [-0.05, 0) is 25.0 Å². The lowest BCUT2D eigenvalue weighted by Gasteiger charge is -2.12. The number of rotatable bonds is 6. The van der Waals surface area contributed by atoms with Crippen molar-refractivity contribution in [2.75, 3.05) is 6.61 Å². The number of nitro groups is 1. The molecule has 1 saturated carbocycles. The topological polar surface area (TPSA) is 93.2 Å². The molecule has 1 fully saturated rings. The van der Waals surface area contributed by atoms with E-state index in [1.54, 1.807) is 0 Å². The van der Waals surface area contributed by atoms with E-state index < -0.39 is 4.92 Å². The van der Waals surface area contributed by atoms with Gasteiger partial charge in [0.25, 0.3) is 0 Å². The molecule has 0 unspecified atom stereocenters. The Morgan fingerprint density at radius 1 is 1.53 bits per heavy atom. The Balaban J connectivity index is 2.14. The van der Waals surface area contributed by atoms with Crippen LogP contribution < -0.4 is 4.74 Å². The van der Waals surface area contributed by atoms with Crippen LogP contribution in [0.15, 0.2) is 18.2 Å². The predicted octanol–water partition coefficient (Wildman–Crippen LogP) is 2.48. The zero-order valence-electron chi connectivity index (χ0n) is 10.2. The van der Waals surface area contributed by atoms with Crippen LogP contribution in [0.4, 0.5) is 5.69 Å². The number of benzene rings is 1. The number of hydrogen-bond donors (Lipinski definition) is 0. The fourth-order valence-electron chi connectivity index (χ4n) is 1.82. The van der Waals surface area contributed by atoms with Gasteiger partial charge in [0.05, 0.1) is 17.6 Å². The van der Waals surface area contributed by atoms with Crippen molar-refractivity contribution in [2.24, 2.45) is 5.41 Å². The van der Waals surface area contributed by atoms with Gasteiger partial charge in [0, 0.05) is 23.5 Å². The zero-order valence-corrected chi connectivity index (χ0v) is 10.2. The van der Waals surface area contributed by atoms with E-state index in [9.17, 15) is 14.9 Å². The van der Waals surface area contributed by atoms with Crippen molar-refractivity contribution in [1.82, 2.24) is 0 Å². The number of hydrogen-bond acceptors (Lipinski definition) is 5. The number of carbonyl (C=O) groups excluding carboxylic acids is 1. The Kier molecular flexibility index (Phi) is 3.47. The second-order valence-corrected chi connectivity index (χ2v) is 4.73.